The van der Waals surface area contributed by atoms with Crippen LogP contribution in [0.2, 0.25) is 0 Å². The van der Waals surface area contributed by atoms with Gasteiger partial charge in [0.2, 0.25) is 0 Å². The van der Waals surface area contributed by atoms with Crippen molar-refractivity contribution >= 4 is 28.3 Å². The van der Waals surface area contributed by atoms with Crippen molar-refractivity contribution in [3.8, 4) is 11.3 Å². The largest absolute Gasteiger partial charge is 0.460 e. The zero-order valence-electron chi connectivity index (χ0n) is 14.4. The smallest absolute Gasteiger partial charge is 0.134 e. The van der Waals surface area contributed by atoms with Gasteiger partial charge in [-0.2, -0.15) is 0 Å². The van der Waals surface area contributed by atoms with Crippen molar-refractivity contribution in [3.63, 3.8) is 0 Å². The normalized spacial score (nSPS) is 10.6. The van der Waals surface area contributed by atoms with Crippen LogP contribution >= 0.6 is 28.3 Å². The highest BCUT2D eigenvalue weighted by atomic mass is 79.9. The molecule has 5 heteroatoms. The molecule has 0 spiro atoms. The molecule has 0 unspecified atom stereocenters. The first kappa shape index (κ1) is 21.2. The topological polar surface area (TPSA) is 34.4 Å². The van der Waals surface area contributed by atoms with Gasteiger partial charge in [0.1, 0.15) is 11.5 Å². The Balaban J connectivity index is 0.00000288. The van der Waals surface area contributed by atoms with E-state index < -0.39 is 0 Å². The number of hydrogen-bond acceptors (Lipinski definition) is 3. The third kappa shape index (κ3) is 6.98. The van der Waals surface area contributed by atoms with Gasteiger partial charge in [0.05, 0.1) is 6.54 Å². The van der Waals surface area contributed by atoms with E-state index in [0.717, 1.165) is 60.7 Å². The molecule has 0 aliphatic heterocycles. The van der Waals surface area contributed by atoms with Gasteiger partial charge in [-0.25, -0.2) is 0 Å². The summed E-state index contributed by atoms with van der Waals surface area (Å²) in [6.45, 7) is 7.68. The minimum atomic E-state index is 0. The van der Waals surface area contributed by atoms with E-state index >= 15 is 0 Å². The second kappa shape index (κ2) is 11.7. The molecule has 0 saturated carbocycles. The summed E-state index contributed by atoms with van der Waals surface area (Å²) in [7, 11) is 0. The Hall–Kier alpha value is -0.810. The van der Waals surface area contributed by atoms with Crippen LogP contribution in [0.25, 0.3) is 11.3 Å². The molecule has 3 nitrogen and oxygen atoms in total. The Morgan fingerprint density at radius 3 is 2.67 bits per heavy atom. The summed E-state index contributed by atoms with van der Waals surface area (Å²) >= 11 is 3.49. The van der Waals surface area contributed by atoms with Gasteiger partial charge >= 0.3 is 0 Å². The van der Waals surface area contributed by atoms with Crippen molar-refractivity contribution < 1.29 is 9.15 Å². The third-order valence-electron chi connectivity index (χ3n) is 3.70. The molecule has 1 aromatic heterocycles. The molecular weight excluding hydrogens is 390 g/mol. The van der Waals surface area contributed by atoms with Crippen molar-refractivity contribution in [2.24, 2.45) is 0 Å². The first-order valence-corrected chi connectivity index (χ1v) is 9.13. The van der Waals surface area contributed by atoms with Gasteiger partial charge in [-0.3, -0.25) is 0 Å². The van der Waals surface area contributed by atoms with Crippen LogP contribution in [-0.4, -0.2) is 19.8 Å². The lowest BCUT2D eigenvalue weighted by molar-refractivity contribution is 0.128. The summed E-state index contributed by atoms with van der Waals surface area (Å²) in [5, 5.41) is 3.40. The van der Waals surface area contributed by atoms with Crippen LogP contribution in [0.4, 0.5) is 0 Å². The molecule has 1 aromatic carbocycles. The molecule has 134 valence electrons. The van der Waals surface area contributed by atoms with Gasteiger partial charge in [-0.1, -0.05) is 29.3 Å². The Morgan fingerprint density at radius 1 is 1.12 bits per heavy atom. The van der Waals surface area contributed by atoms with Crippen molar-refractivity contribution in [1.29, 1.82) is 0 Å². The summed E-state index contributed by atoms with van der Waals surface area (Å²) in [6.07, 6.45) is 3.37. The lowest BCUT2D eigenvalue weighted by atomic mass is 10.1. The predicted octanol–water partition coefficient (Wildman–Crippen LogP) is 5.74. The second-order valence-electron chi connectivity index (χ2n) is 5.72. The van der Waals surface area contributed by atoms with Gasteiger partial charge in [0.25, 0.3) is 0 Å². The Bertz CT molecular complexity index is 601. The molecule has 2 aromatic rings. The van der Waals surface area contributed by atoms with E-state index in [1.54, 1.807) is 0 Å². The minimum Gasteiger partial charge on any atom is -0.460 e. The van der Waals surface area contributed by atoms with Crippen molar-refractivity contribution in [2.75, 3.05) is 19.8 Å². The number of benzene rings is 1. The van der Waals surface area contributed by atoms with E-state index in [4.69, 9.17) is 9.15 Å². The zero-order valence-corrected chi connectivity index (χ0v) is 16.8. The molecule has 0 aliphatic carbocycles. The molecule has 0 fully saturated rings. The molecule has 0 saturated heterocycles. The Morgan fingerprint density at radius 2 is 1.92 bits per heavy atom. The van der Waals surface area contributed by atoms with E-state index in [0.29, 0.717) is 0 Å². The van der Waals surface area contributed by atoms with Crippen LogP contribution in [0.15, 0.2) is 39.2 Å². The number of hydrogen-bond donors (Lipinski definition) is 1. The lowest BCUT2D eigenvalue weighted by Crippen LogP contribution is -2.16. The number of ether oxygens (including phenoxy) is 1. The Kier molecular flexibility index (Phi) is 10.3. The highest BCUT2D eigenvalue weighted by Gasteiger charge is 2.07. The molecule has 0 atom stereocenters. The van der Waals surface area contributed by atoms with Crippen LogP contribution in [0.5, 0.6) is 0 Å². The van der Waals surface area contributed by atoms with Crippen LogP contribution in [0, 0.1) is 6.92 Å². The molecular formula is C19H27BrClNO2. The van der Waals surface area contributed by atoms with Gasteiger partial charge in [-0.05, 0) is 62.2 Å². The molecule has 0 aliphatic rings. The summed E-state index contributed by atoms with van der Waals surface area (Å²) < 4.78 is 12.6. The summed E-state index contributed by atoms with van der Waals surface area (Å²) in [4.78, 5) is 0. The standard InChI is InChI=1S/C19H26BrNO2.ClH/c1-3-4-11-22-12-5-10-21-14-17-7-9-19(23-17)18-8-6-16(20)13-15(18)2;/h6-9,13,21H,3-5,10-12,14H2,1-2H3;1H. The number of furan rings is 1. The SMILES string of the molecule is CCCCOCCCNCc1ccc(-c2ccc(Br)cc2C)o1.Cl. The average molecular weight is 417 g/mol. The summed E-state index contributed by atoms with van der Waals surface area (Å²) in [6, 6.07) is 10.3. The molecule has 1 N–H and O–H groups in total. The van der Waals surface area contributed by atoms with Crippen LogP contribution in [-0.2, 0) is 11.3 Å². The summed E-state index contributed by atoms with van der Waals surface area (Å²) in [5.74, 6) is 1.89. The van der Waals surface area contributed by atoms with Gasteiger partial charge in [0.15, 0.2) is 0 Å². The average Bonchev–Trinajstić information content (AvgIpc) is 2.98. The fourth-order valence-corrected chi connectivity index (χ4v) is 2.86. The predicted molar refractivity (Wildman–Crippen MR) is 106 cm³/mol. The maximum atomic E-state index is 5.94. The van der Waals surface area contributed by atoms with Gasteiger partial charge < -0.3 is 14.5 Å². The van der Waals surface area contributed by atoms with E-state index in [1.165, 1.54) is 12.0 Å². The second-order valence-corrected chi connectivity index (χ2v) is 6.64. The quantitative estimate of drug-likeness (QED) is 0.502. The van der Waals surface area contributed by atoms with E-state index in [1.807, 2.05) is 18.2 Å². The molecule has 0 bridgehead atoms. The highest BCUT2D eigenvalue weighted by molar-refractivity contribution is 9.10. The number of aryl methyl sites for hydroxylation is 1. The fraction of sp³-hybridized carbons (Fsp3) is 0.474. The monoisotopic (exact) mass is 415 g/mol. The van der Waals surface area contributed by atoms with Gasteiger partial charge in [0, 0.05) is 23.2 Å². The van der Waals surface area contributed by atoms with Crippen LogP contribution in [0.3, 0.4) is 0 Å². The van der Waals surface area contributed by atoms with Crippen molar-refractivity contribution in [2.45, 2.75) is 39.7 Å². The minimum absolute atomic E-state index is 0. The number of unbranched alkanes of at least 4 members (excludes halogenated alkanes) is 1. The van der Waals surface area contributed by atoms with Crippen molar-refractivity contribution in [3.05, 3.63) is 46.1 Å². The summed E-state index contributed by atoms with van der Waals surface area (Å²) in [5.41, 5.74) is 2.35. The maximum Gasteiger partial charge on any atom is 0.134 e. The third-order valence-corrected chi connectivity index (χ3v) is 4.19. The zero-order chi connectivity index (χ0) is 16.5. The maximum absolute atomic E-state index is 5.94. The van der Waals surface area contributed by atoms with Crippen LogP contribution < -0.4 is 5.32 Å². The van der Waals surface area contributed by atoms with E-state index in [-0.39, 0.29) is 12.4 Å². The highest BCUT2D eigenvalue weighted by Crippen LogP contribution is 2.27. The number of nitrogens with one attached hydrogen (secondary N) is 1. The Labute approximate surface area is 159 Å². The van der Waals surface area contributed by atoms with E-state index in [2.05, 4.69) is 47.2 Å². The van der Waals surface area contributed by atoms with Gasteiger partial charge in [-0.15, -0.1) is 12.4 Å². The lowest BCUT2D eigenvalue weighted by Gasteiger charge is -2.05. The number of rotatable bonds is 10. The fourth-order valence-electron chi connectivity index (χ4n) is 2.38. The molecule has 0 amide bonds. The molecule has 2 rings (SSSR count). The molecule has 1 heterocycles. The van der Waals surface area contributed by atoms with Crippen molar-refractivity contribution in [1.82, 2.24) is 5.32 Å². The van der Waals surface area contributed by atoms with Crippen LogP contribution in [0.1, 0.15) is 37.5 Å². The number of halogens is 2. The van der Waals surface area contributed by atoms with E-state index in [9.17, 15) is 0 Å². The molecule has 24 heavy (non-hydrogen) atoms. The first-order valence-electron chi connectivity index (χ1n) is 8.34. The molecule has 0 radical (unpaired) electrons. The first-order chi connectivity index (χ1) is 11.2.